The summed E-state index contributed by atoms with van der Waals surface area (Å²) in [7, 11) is 0. The Hall–Kier alpha value is -0.860. The SMILES string of the molecule is c1cc2c(cc1CN(CC1CC1)C1CC1)CNCC2. The minimum Gasteiger partial charge on any atom is -0.312 e. The Bertz CT molecular complexity index is 460. The third-order valence-electron chi connectivity index (χ3n) is 4.80. The van der Waals surface area contributed by atoms with Gasteiger partial charge in [-0.3, -0.25) is 4.90 Å². The van der Waals surface area contributed by atoms with Crippen molar-refractivity contribution < 1.29 is 0 Å². The topological polar surface area (TPSA) is 15.3 Å². The van der Waals surface area contributed by atoms with Gasteiger partial charge < -0.3 is 5.32 Å². The second kappa shape index (κ2) is 4.92. The van der Waals surface area contributed by atoms with Crippen molar-refractivity contribution in [2.75, 3.05) is 13.1 Å². The monoisotopic (exact) mass is 256 g/mol. The van der Waals surface area contributed by atoms with E-state index in [1.807, 2.05) is 0 Å². The van der Waals surface area contributed by atoms with Crippen LogP contribution in [0, 0.1) is 5.92 Å². The van der Waals surface area contributed by atoms with Crippen molar-refractivity contribution in [3.05, 3.63) is 34.9 Å². The molecule has 3 aliphatic rings. The van der Waals surface area contributed by atoms with Crippen molar-refractivity contribution in [1.82, 2.24) is 10.2 Å². The van der Waals surface area contributed by atoms with Crippen LogP contribution in [0.25, 0.3) is 0 Å². The molecule has 2 nitrogen and oxygen atoms in total. The summed E-state index contributed by atoms with van der Waals surface area (Å²) in [6.07, 6.45) is 7.00. The summed E-state index contributed by atoms with van der Waals surface area (Å²) in [6.45, 7) is 4.73. The lowest BCUT2D eigenvalue weighted by Crippen LogP contribution is -2.28. The first kappa shape index (κ1) is 11.9. The second-order valence-electron chi connectivity index (χ2n) is 6.63. The molecule has 0 bridgehead atoms. The molecule has 0 atom stereocenters. The molecule has 4 rings (SSSR count). The second-order valence-corrected chi connectivity index (χ2v) is 6.63. The van der Waals surface area contributed by atoms with E-state index in [0.29, 0.717) is 0 Å². The van der Waals surface area contributed by atoms with Gasteiger partial charge in [-0.15, -0.1) is 0 Å². The molecule has 102 valence electrons. The Kier molecular flexibility index (Phi) is 3.08. The molecule has 0 radical (unpaired) electrons. The molecule has 1 heterocycles. The summed E-state index contributed by atoms with van der Waals surface area (Å²) in [6, 6.07) is 8.08. The molecule has 2 fully saturated rings. The predicted octanol–water partition coefficient (Wildman–Crippen LogP) is 2.71. The highest BCUT2D eigenvalue weighted by molar-refractivity contribution is 5.33. The van der Waals surface area contributed by atoms with Crippen molar-refractivity contribution in [2.24, 2.45) is 5.92 Å². The maximum atomic E-state index is 3.49. The molecule has 0 saturated heterocycles. The number of rotatable bonds is 5. The van der Waals surface area contributed by atoms with Crippen molar-refractivity contribution in [1.29, 1.82) is 0 Å². The van der Waals surface area contributed by atoms with Crippen LogP contribution in [0.4, 0.5) is 0 Å². The van der Waals surface area contributed by atoms with Gasteiger partial charge in [-0.05, 0) is 61.3 Å². The fraction of sp³-hybridized carbons (Fsp3) is 0.647. The smallest absolute Gasteiger partial charge is 0.0236 e. The molecule has 0 aromatic heterocycles. The molecular weight excluding hydrogens is 232 g/mol. The number of fused-ring (bicyclic) bond motifs is 1. The molecule has 1 aromatic rings. The van der Waals surface area contributed by atoms with E-state index < -0.39 is 0 Å². The molecular formula is C17H24N2. The molecule has 19 heavy (non-hydrogen) atoms. The minimum absolute atomic E-state index is 0.898. The van der Waals surface area contributed by atoms with Crippen LogP contribution in [0.1, 0.15) is 42.4 Å². The Morgan fingerprint density at radius 1 is 1.11 bits per heavy atom. The zero-order valence-electron chi connectivity index (χ0n) is 11.7. The van der Waals surface area contributed by atoms with Crippen LogP contribution in [0.2, 0.25) is 0 Å². The Morgan fingerprint density at radius 3 is 2.79 bits per heavy atom. The van der Waals surface area contributed by atoms with Crippen LogP contribution in [0.5, 0.6) is 0 Å². The lowest BCUT2D eigenvalue weighted by atomic mass is 9.98. The minimum atomic E-state index is 0.898. The van der Waals surface area contributed by atoms with Gasteiger partial charge in [-0.25, -0.2) is 0 Å². The average Bonchev–Trinajstić information content (AvgIpc) is 3.30. The van der Waals surface area contributed by atoms with Gasteiger partial charge in [0.15, 0.2) is 0 Å². The van der Waals surface area contributed by atoms with Gasteiger partial charge in [0.2, 0.25) is 0 Å². The standard InChI is InChI=1S/C17H24N2/c1-2-13(1)11-19(17-5-6-17)12-14-3-4-15-7-8-18-10-16(15)9-14/h3-4,9,13,17-18H,1-2,5-8,10-12H2. The number of nitrogens with one attached hydrogen (secondary N) is 1. The highest BCUT2D eigenvalue weighted by Crippen LogP contribution is 2.35. The van der Waals surface area contributed by atoms with Crippen LogP contribution < -0.4 is 5.32 Å². The van der Waals surface area contributed by atoms with Crippen molar-refractivity contribution >= 4 is 0 Å². The number of hydrogen-bond donors (Lipinski definition) is 1. The van der Waals surface area contributed by atoms with E-state index in [1.54, 1.807) is 5.56 Å². The van der Waals surface area contributed by atoms with E-state index in [9.17, 15) is 0 Å². The van der Waals surface area contributed by atoms with E-state index in [4.69, 9.17) is 0 Å². The van der Waals surface area contributed by atoms with Gasteiger partial charge in [0.1, 0.15) is 0 Å². The highest BCUT2D eigenvalue weighted by Gasteiger charge is 2.33. The maximum Gasteiger partial charge on any atom is 0.0236 e. The van der Waals surface area contributed by atoms with Crippen LogP contribution in [-0.2, 0) is 19.5 Å². The van der Waals surface area contributed by atoms with Crippen molar-refractivity contribution in [3.63, 3.8) is 0 Å². The Balaban J connectivity index is 1.47. The van der Waals surface area contributed by atoms with E-state index in [0.717, 1.165) is 25.0 Å². The first-order valence-electron chi connectivity index (χ1n) is 7.94. The third kappa shape index (κ3) is 2.85. The first-order chi connectivity index (χ1) is 9.38. The van der Waals surface area contributed by atoms with E-state index >= 15 is 0 Å². The molecule has 0 amide bonds. The summed E-state index contributed by atoms with van der Waals surface area (Å²) in [5.74, 6) is 1.01. The maximum absolute atomic E-state index is 3.49. The molecule has 1 aliphatic heterocycles. The van der Waals surface area contributed by atoms with Crippen molar-refractivity contribution in [3.8, 4) is 0 Å². The average molecular weight is 256 g/mol. The molecule has 0 unspecified atom stereocenters. The summed E-state index contributed by atoms with van der Waals surface area (Å²) in [5, 5.41) is 3.49. The van der Waals surface area contributed by atoms with E-state index in [2.05, 4.69) is 28.4 Å². The summed E-state index contributed by atoms with van der Waals surface area (Å²) >= 11 is 0. The predicted molar refractivity (Wildman–Crippen MR) is 78.0 cm³/mol. The molecule has 1 N–H and O–H groups in total. The third-order valence-corrected chi connectivity index (χ3v) is 4.80. The lowest BCUT2D eigenvalue weighted by molar-refractivity contribution is 0.244. The van der Waals surface area contributed by atoms with Gasteiger partial charge >= 0.3 is 0 Å². The normalized spacial score (nSPS) is 22.6. The fourth-order valence-corrected chi connectivity index (χ4v) is 3.28. The van der Waals surface area contributed by atoms with E-state index in [-0.39, 0.29) is 0 Å². The van der Waals surface area contributed by atoms with E-state index in [1.165, 1.54) is 56.3 Å². The van der Waals surface area contributed by atoms with Gasteiger partial charge in [-0.2, -0.15) is 0 Å². The molecule has 2 heteroatoms. The van der Waals surface area contributed by atoms with Crippen LogP contribution in [0.3, 0.4) is 0 Å². The number of benzene rings is 1. The van der Waals surface area contributed by atoms with Crippen LogP contribution >= 0.6 is 0 Å². The van der Waals surface area contributed by atoms with Gasteiger partial charge in [0.25, 0.3) is 0 Å². The fourth-order valence-electron chi connectivity index (χ4n) is 3.28. The number of hydrogen-bond acceptors (Lipinski definition) is 2. The zero-order valence-corrected chi connectivity index (χ0v) is 11.7. The summed E-state index contributed by atoms with van der Waals surface area (Å²) < 4.78 is 0. The molecule has 0 spiro atoms. The van der Waals surface area contributed by atoms with Crippen LogP contribution in [0.15, 0.2) is 18.2 Å². The Labute approximate surface area is 116 Å². The number of nitrogens with zero attached hydrogens (tertiary/aromatic N) is 1. The molecule has 1 aromatic carbocycles. The van der Waals surface area contributed by atoms with Crippen molar-refractivity contribution in [2.45, 2.75) is 51.2 Å². The lowest BCUT2D eigenvalue weighted by Gasteiger charge is -2.24. The first-order valence-corrected chi connectivity index (χ1v) is 7.94. The highest BCUT2D eigenvalue weighted by atomic mass is 15.2. The van der Waals surface area contributed by atoms with Crippen LogP contribution in [-0.4, -0.2) is 24.0 Å². The quantitative estimate of drug-likeness (QED) is 0.871. The summed E-state index contributed by atoms with van der Waals surface area (Å²) in [4.78, 5) is 2.75. The van der Waals surface area contributed by atoms with Gasteiger partial charge in [0, 0.05) is 25.7 Å². The van der Waals surface area contributed by atoms with Gasteiger partial charge in [0.05, 0.1) is 0 Å². The zero-order chi connectivity index (χ0) is 12.7. The summed E-state index contributed by atoms with van der Waals surface area (Å²) in [5.41, 5.74) is 4.61. The Morgan fingerprint density at radius 2 is 2.00 bits per heavy atom. The molecule has 2 aliphatic carbocycles. The van der Waals surface area contributed by atoms with Gasteiger partial charge in [-0.1, -0.05) is 18.2 Å². The largest absolute Gasteiger partial charge is 0.312 e. The molecule has 2 saturated carbocycles.